The SMILES string of the molecule is CNCc1cc(N2CCC(C)(C)C2)ccn1. The van der Waals surface area contributed by atoms with Crippen LogP contribution in [-0.2, 0) is 6.54 Å². The van der Waals surface area contributed by atoms with Crippen LogP contribution in [0.15, 0.2) is 18.3 Å². The highest BCUT2D eigenvalue weighted by Gasteiger charge is 2.29. The molecular formula is C13H21N3. The minimum Gasteiger partial charge on any atom is -0.371 e. The van der Waals surface area contributed by atoms with Crippen LogP contribution in [0.4, 0.5) is 5.69 Å². The molecule has 0 spiro atoms. The van der Waals surface area contributed by atoms with Crippen LogP contribution in [0.3, 0.4) is 0 Å². The van der Waals surface area contributed by atoms with Gasteiger partial charge in [-0.2, -0.15) is 0 Å². The van der Waals surface area contributed by atoms with E-state index in [0.29, 0.717) is 5.41 Å². The first-order valence-corrected chi connectivity index (χ1v) is 5.95. The molecule has 1 fully saturated rings. The molecule has 16 heavy (non-hydrogen) atoms. The average Bonchev–Trinajstić information content (AvgIpc) is 2.60. The van der Waals surface area contributed by atoms with Crippen LogP contribution in [0.5, 0.6) is 0 Å². The van der Waals surface area contributed by atoms with Crippen LogP contribution in [0.25, 0.3) is 0 Å². The van der Waals surface area contributed by atoms with Crippen molar-refractivity contribution in [3.8, 4) is 0 Å². The number of aromatic nitrogens is 1. The third-order valence-corrected chi connectivity index (χ3v) is 3.20. The lowest BCUT2D eigenvalue weighted by Gasteiger charge is -2.21. The first kappa shape index (κ1) is 11.4. The van der Waals surface area contributed by atoms with Crippen molar-refractivity contribution in [1.29, 1.82) is 0 Å². The van der Waals surface area contributed by atoms with Gasteiger partial charge in [-0.05, 0) is 31.0 Å². The molecule has 1 aromatic rings. The minimum absolute atomic E-state index is 0.451. The zero-order chi connectivity index (χ0) is 11.6. The predicted molar refractivity (Wildman–Crippen MR) is 67.6 cm³/mol. The van der Waals surface area contributed by atoms with Gasteiger partial charge in [-0.1, -0.05) is 13.8 Å². The largest absolute Gasteiger partial charge is 0.371 e. The van der Waals surface area contributed by atoms with Gasteiger partial charge in [0.2, 0.25) is 0 Å². The van der Waals surface area contributed by atoms with Gasteiger partial charge in [-0.15, -0.1) is 0 Å². The first-order chi connectivity index (χ1) is 7.61. The summed E-state index contributed by atoms with van der Waals surface area (Å²) < 4.78 is 0. The van der Waals surface area contributed by atoms with E-state index < -0.39 is 0 Å². The maximum Gasteiger partial charge on any atom is 0.0562 e. The van der Waals surface area contributed by atoms with Gasteiger partial charge in [0.1, 0.15) is 0 Å². The monoisotopic (exact) mass is 219 g/mol. The molecule has 0 atom stereocenters. The summed E-state index contributed by atoms with van der Waals surface area (Å²) in [4.78, 5) is 6.81. The molecular weight excluding hydrogens is 198 g/mol. The normalized spacial score (nSPS) is 19.1. The fourth-order valence-corrected chi connectivity index (χ4v) is 2.27. The third kappa shape index (κ3) is 2.53. The molecule has 0 aromatic carbocycles. The summed E-state index contributed by atoms with van der Waals surface area (Å²) in [7, 11) is 1.95. The summed E-state index contributed by atoms with van der Waals surface area (Å²) in [6.45, 7) is 7.82. The van der Waals surface area contributed by atoms with E-state index in [4.69, 9.17) is 0 Å². The van der Waals surface area contributed by atoms with E-state index in [2.05, 4.69) is 41.2 Å². The fraction of sp³-hybridized carbons (Fsp3) is 0.615. The molecule has 0 radical (unpaired) electrons. The Hall–Kier alpha value is -1.09. The summed E-state index contributed by atoms with van der Waals surface area (Å²) in [5.41, 5.74) is 2.88. The van der Waals surface area contributed by atoms with Crippen molar-refractivity contribution in [3.63, 3.8) is 0 Å². The number of rotatable bonds is 3. The van der Waals surface area contributed by atoms with E-state index in [-0.39, 0.29) is 0 Å². The van der Waals surface area contributed by atoms with E-state index in [1.54, 1.807) is 0 Å². The Morgan fingerprint density at radius 1 is 1.50 bits per heavy atom. The number of hydrogen-bond donors (Lipinski definition) is 1. The quantitative estimate of drug-likeness (QED) is 0.843. The summed E-state index contributed by atoms with van der Waals surface area (Å²) >= 11 is 0. The molecule has 0 unspecified atom stereocenters. The summed E-state index contributed by atoms with van der Waals surface area (Å²) in [6.07, 6.45) is 3.18. The van der Waals surface area contributed by atoms with Crippen LogP contribution >= 0.6 is 0 Å². The topological polar surface area (TPSA) is 28.2 Å². The summed E-state index contributed by atoms with van der Waals surface area (Å²) in [5.74, 6) is 0. The standard InChI is InChI=1S/C13H21N3/c1-13(2)5-7-16(10-13)12-4-6-15-11(8-12)9-14-3/h4,6,8,14H,5,7,9-10H2,1-3H3. The molecule has 0 amide bonds. The van der Waals surface area contributed by atoms with E-state index in [9.17, 15) is 0 Å². The van der Waals surface area contributed by atoms with Crippen LogP contribution < -0.4 is 10.2 Å². The summed E-state index contributed by atoms with van der Waals surface area (Å²) in [6, 6.07) is 4.30. The molecule has 0 saturated carbocycles. The molecule has 88 valence electrons. The van der Waals surface area contributed by atoms with Crippen molar-refractivity contribution in [2.45, 2.75) is 26.8 Å². The van der Waals surface area contributed by atoms with Crippen molar-refractivity contribution in [2.75, 3.05) is 25.0 Å². The van der Waals surface area contributed by atoms with Crippen molar-refractivity contribution < 1.29 is 0 Å². The Bertz CT molecular complexity index is 360. The predicted octanol–water partition coefficient (Wildman–Crippen LogP) is 2.04. The lowest BCUT2D eigenvalue weighted by Crippen LogP contribution is -2.23. The van der Waals surface area contributed by atoms with E-state index in [1.807, 2.05) is 13.2 Å². The number of nitrogens with zero attached hydrogens (tertiary/aromatic N) is 2. The van der Waals surface area contributed by atoms with E-state index in [1.165, 1.54) is 12.1 Å². The van der Waals surface area contributed by atoms with Crippen LogP contribution in [-0.4, -0.2) is 25.1 Å². The van der Waals surface area contributed by atoms with Gasteiger partial charge >= 0.3 is 0 Å². The van der Waals surface area contributed by atoms with E-state index in [0.717, 1.165) is 25.3 Å². The number of pyridine rings is 1. The van der Waals surface area contributed by atoms with Gasteiger partial charge in [-0.25, -0.2) is 0 Å². The molecule has 1 N–H and O–H groups in total. The number of nitrogens with one attached hydrogen (secondary N) is 1. The average molecular weight is 219 g/mol. The number of hydrogen-bond acceptors (Lipinski definition) is 3. The highest BCUT2D eigenvalue weighted by atomic mass is 15.2. The molecule has 0 bridgehead atoms. The van der Waals surface area contributed by atoms with Gasteiger partial charge in [-0.3, -0.25) is 4.98 Å². The van der Waals surface area contributed by atoms with Crippen LogP contribution in [0, 0.1) is 5.41 Å². The summed E-state index contributed by atoms with van der Waals surface area (Å²) in [5, 5.41) is 3.14. The van der Waals surface area contributed by atoms with Crippen molar-refractivity contribution in [1.82, 2.24) is 10.3 Å². The highest BCUT2D eigenvalue weighted by Crippen LogP contribution is 2.32. The molecule has 3 nitrogen and oxygen atoms in total. The Balaban J connectivity index is 2.12. The van der Waals surface area contributed by atoms with Crippen molar-refractivity contribution >= 4 is 5.69 Å². The molecule has 2 heterocycles. The second kappa shape index (κ2) is 4.42. The van der Waals surface area contributed by atoms with Crippen molar-refractivity contribution in [3.05, 3.63) is 24.0 Å². The van der Waals surface area contributed by atoms with Gasteiger partial charge < -0.3 is 10.2 Å². The third-order valence-electron chi connectivity index (χ3n) is 3.20. The zero-order valence-electron chi connectivity index (χ0n) is 10.5. The Morgan fingerprint density at radius 3 is 2.94 bits per heavy atom. The maximum absolute atomic E-state index is 4.35. The van der Waals surface area contributed by atoms with Crippen LogP contribution in [0.2, 0.25) is 0 Å². The minimum atomic E-state index is 0.451. The van der Waals surface area contributed by atoms with Gasteiger partial charge in [0.05, 0.1) is 5.69 Å². The van der Waals surface area contributed by atoms with Gasteiger partial charge in [0.25, 0.3) is 0 Å². The molecule has 1 aromatic heterocycles. The Morgan fingerprint density at radius 2 is 2.31 bits per heavy atom. The highest BCUT2D eigenvalue weighted by molar-refractivity contribution is 5.47. The van der Waals surface area contributed by atoms with E-state index >= 15 is 0 Å². The van der Waals surface area contributed by atoms with Crippen molar-refractivity contribution in [2.24, 2.45) is 5.41 Å². The molecule has 0 aliphatic carbocycles. The second-order valence-electron chi connectivity index (χ2n) is 5.37. The number of anilines is 1. The maximum atomic E-state index is 4.35. The fourth-order valence-electron chi connectivity index (χ4n) is 2.27. The Labute approximate surface area is 97.9 Å². The van der Waals surface area contributed by atoms with Gasteiger partial charge in [0.15, 0.2) is 0 Å². The lowest BCUT2D eigenvalue weighted by molar-refractivity contribution is 0.418. The zero-order valence-corrected chi connectivity index (χ0v) is 10.5. The molecule has 3 heteroatoms. The molecule has 1 aliphatic rings. The first-order valence-electron chi connectivity index (χ1n) is 5.95. The van der Waals surface area contributed by atoms with Gasteiger partial charge in [0, 0.05) is 31.5 Å². The Kier molecular flexibility index (Phi) is 3.15. The smallest absolute Gasteiger partial charge is 0.0562 e. The van der Waals surface area contributed by atoms with Crippen LogP contribution in [0.1, 0.15) is 26.0 Å². The molecule has 1 aliphatic heterocycles. The molecule has 1 saturated heterocycles. The lowest BCUT2D eigenvalue weighted by atomic mass is 9.93. The second-order valence-corrected chi connectivity index (χ2v) is 5.37. The molecule has 2 rings (SSSR count).